The van der Waals surface area contributed by atoms with Crippen LogP contribution in [0.25, 0.3) is 0 Å². The molecule has 1 aromatic carbocycles. The van der Waals surface area contributed by atoms with Gasteiger partial charge in [0.1, 0.15) is 5.75 Å². The summed E-state index contributed by atoms with van der Waals surface area (Å²) in [5.74, 6) is -0.0240. The number of rotatable bonds is 4. The molecule has 0 spiro atoms. The fourth-order valence-corrected chi connectivity index (χ4v) is 3.62. The van der Waals surface area contributed by atoms with Gasteiger partial charge in [-0.3, -0.25) is 4.79 Å². The predicted octanol–water partition coefficient (Wildman–Crippen LogP) is 2.64. The lowest BCUT2D eigenvalue weighted by Gasteiger charge is -2.19. The quantitative estimate of drug-likeness (QED) is 0.867. The second-order valence-electron chi connectivity index (χ2n) is 4.35. The van der Waals surface area contributed by atoms with Gasteiger partial charge in [-0.2, -0.15) is 0 Å². The summed E-state index contributed by atoms with van der Waals surface area (Å²) in [4.78, 5) is 12.7. The summed E-state index contributed by atoms with van der Waals surface area (Å²) in [5.41, 5.74) is 0.973. The number of hydrogen-bond acceptors (Lipinski definition) is 7. The third-order valence-corrected chi connectivity index (χ3v) is 4.95. The number of aromatic nitrogens is 2. The summed E-state index contributed by atoms with van der Waals surface area (Å²) < 4.78 is 6.38. The molecule has 110 valence electrons. The van der Waals surface area contributed by atoms with Gasteiger partial charge in [-0.05, 0) is 18.6 Å². The maximum Gasteiger partial charge on any atom is 0.313 e. The first-order valence-electron chi connectivity index (χ1n) is 6.41. The van der Waals surface area contributed by atoms with Crippen LogP contribution in [0.3, 0.4) is 0 Å². The molecule has 0 amide bonds. The van der Waals surface area contributed by atoms with E-state index in [0.29, 0.717) is 10.9 Å². The molecule has 3 rings (SSSR count). The number of nitrogens with zero attached hydrogens (tertiary/aromatic N) is 3. The molecule has 0 saturated heterocycles. The van der Waals surface area contributed by atoms with Crippen LogP contribution in [0.15, 0.2) is 28.6 Å². The highest BCUT2D eigenvalue weighted by Gasteiger charge is 2.21. The van der Waals surface area contributed by atoms with Crippen LogP contribution >= 0.6 is 23.1 Å². The number of aliphatic carboxylic acids is 1. The molecule has 0 unspecified atom stereocenters. The van der Waals surface area contributed by atoms with Crippen molar-refractivity contribution in [1.29, 1.82) is 0 Å². The molecule has 1 aliphatic rings. The molecule has 0 aliphatic carbocycles. The molecule has 0 radical (unpaired) electrons. The predicted molar refractivity (Wildman–Crippen MR) is 81.8 cm³/mol. The molecular weight excluding hydrogens is 310 g/mol. The van der Waals surface area contributed by atoms with E-state index in [1.807, 2.05) is 24.3 Å². The zero-order valence-electron chi connectivity index (χ0n) is 11.1. The van der Waals surface area contributed by atoms with Crippen LogP contribution in [0.1, 0.15) is 6.42 Å². The lowest BCUT2D eigenvalue weighted by molar-refractivity contribution is -0.133. The van der Waals surface area contributed by atoms with Gasteiger partial charge in [0.05, 0.1) is 18.0 Å². The Morgan fingerprint density at radius 2 is 2.29 bits per heavy atom. The van der Waals surface area contributed by atoms with Gasteiger partial charge in [0.25, 0.3) is 0 Å². The van der Waals surface area contributed by atoms with E-state index in [0.717, 1.165) is 29.5 Å². The van der Waals surface area contributed by atoms with Crippen LogP contribution in [0.2, 0.25) is 0 Å². The summed E-state index contributed by atoms with van der Waals surface area (Å²) in [7, 11) is 0. The van der Waals surface area contributed by atoms with Crippen molar-refractivity contribution in [1.82, 2.24) is 10.2 Å². The van der Waals surface area contributed by atoms with E-state index < -0.39 is 5.97 Å². The van der Waals surface area contributed by atoms with E-state index in [1.165, 1.54) is 23.1 Å². The van der Waals surface area contributed by atoms with Crippen molar-refractivity contribution < 1.29 is 14.6 Å². The Morgan fingerprint density at radius 1 is 1.43 bits per heavy atom. The van der Waals surface area contributed by atoms with Crippen LogP contribution in [-0.2, 0) is 4.79 Å². The first-order valence-corrected chi connectivity index (χ1v) is 8.22. The molecule has 1 aromatic heterocycles. The lowest BCUT2D eigenvalue weighted by atomic mass is 10.2. The molecule has 0 saturated carbocycles. The Kier molecular flexibility index (Phi) is 4.26. The van der Waals surface area contributed by atoms with Gasteiger partial charge in [-0.25, -0.2) is 0 Å². The first kappa shape index (κ1) is 14.2. The van der Waals surface area contributed by atoms with Gasteiger partial charge in [-0.15, -0.1) is 10.2 Å². The highest BCUT2D eigenvalue weighted by Crippen LogP contribution is 2.38. The van der Waals surface area contributed by atoms with Crippen LogP contribution in [0.4, 0.5) is 10.8 Å². The number of carboxylic acids is 1. The van der Waals surface area contributed by atoms with Gasteiger partial charge in [0, 0.05) is 6.54 Å². The summed E-state index contributed by atoms with van der Waals surface area (Å²) >= 11 is 2.59. The van der Waals surface area contributed by atoms with Gasteiger partial charge in [0.15, 0.2) is 4.34 Å². The van der Waals surface area contributed by atoms with Crippen LogP contribution in [0.5, 0.6) is 5.75 Å². The van der Waals surface area contributed by atoms with Crippen molar-refractivity contribution in [3.05, 3.63) is 24.3 Å². The van der Waals surface area contributed by atoms with E-state index in [-0.39, 0.29) is 5.75 Å². The second kappa shape index (κ2) is 6.31. The highest BCUT2D eigenvalue weighted by molar-refractivity contribution is 8.01. The molecule has 0 atom stereocenters. The Balaban J connectivity index is 1.84. The monoisotopic (exact) mass is 323 g/mol. The van der Waals surface area contributed by atoms with Gasteiger partial charge in [0.2, 0.25) is 5.13 Å². The number of benzene rings is 1. The van der Waals surface area contributed by atoms with E-state index in [4.69, 9.17) is 9.84 Å². The Labute approximate surface area is 129 Å². The van der Waals surface area contributed by atoms with Gasteiger partial charge < -0.3 is 14.7 Å². The zero-order chi connectivity index (χ0) is 14.7. The normalized spacial score (nSPS) is 14.2. The summed E-state index contributed by atoms with van der Waals surface area (Å²) in [5, 5.41) is 17.7. The van der Waals surface area contributed by atoms with Gasteiger partial charge >= 0.3 is 5.97 Å². The zero-order valence-corrected chi connectivity index (χ0v) is 12.7. The molecule has 1 aliphatic heterocycles. The van der Waals surface area contributed by atoms with Crippen LogP contribution in [0, 0.1) is 0 Å². The molecule has 8 heteroatoms. The first-order chi connectivity index (χ1) is 10.2. The largest absolute Gasteiger partial charge is 0.491 e. The SMILES string of the molecule is O=C(O)CSc1nnc(N2CCCOc3ccccc32)s1. The Morgan fingerprint density at radius 3 is 3.14 bits per heavy atom. The average Bonchev–Trinajstić information content (AvgIpc) is 2.84. The molecule has 0 bridgehead atoms. The maximum absolute atomic E-state index is 10.6. The number of anilines is 2. The number of ether oxygens (including phenoxy) is 1. The standard InChI is InChI=1S/C13H13N3O3S2/c17-11(18)8-20-13-15-14-12(21-13)16-6-3-7-19-10-5-2-1-4-9(10)16/h1-2,4-5H,3,6-8H2,(H,17,18). The molecule has 2 heterocycles. The van der Waals surface area contributed by atoms with Gasteiger partial charge in [-0.1, -0.05) is 35.2 Å². The Hall–Kier alpha value is -1.80. The number of hydrogen-bond donors (Lipinski definition) is 1. The second-order valence-corrected chi connectivity index (χ2v) is 6.53. The van der Waals surface area contributed by atoms with E-state index >= 15 is 0 Å². The molecule has 21 heavy (non-hydrogen) atoms. The van der Waals surface area contributed by atoms with Crippen molar-refractivity contribution in [3.63, 3.8) is 0 Å². The minimum absolute atomic E-state index is 0.00562. The number of carboxylic acid groups (broad SMARTS) is 1. The number of para-hydroxylation sites is 2. The van der Waals surface area contributed by atoms with Crippen molar-refractivity contribution in [3.8, 4) is 5.75 Å². The highest BCUT2D eigenvalue weighted by atomic mass is 32.2. The van der Waals surface area contributed by atoms with Crippen molar-refractivity contribution >= 4 is 39.9 Å². The molecule has 2 aromatic rings. The average molecular weight is 323 g/mol. The lowest BCUT2D eigenvalue weighted by Crippen LogP contribution is -2.17. The van der Waals surface area contributed by atoms with Crippen molar-refractivity contribution in [2.24, 2.45) is 0 Å². The van der Waals surface area contributed by atoms with E-state index in [9.17, 15) is 4.79 Å². The number of fused-ring (bicyclic) bond motifs is 1. The summed E-state index contributed by atoms with van der Waals surface area (Å²) in [6, 6.07) is 7.83. The Bertz CT molecular complexity index is 647. The molecular formula is C13H13N3O3S2. The third kappa shape index (κ3) is 3.27. The molecule has 6 nitrogen and oxygen atoms in total. The topological polar surface area (TPSA) is 75.5 Å². The molecule has 0 fully saturated rings. The number of carbonyl (C=O) groups is 1. The van der Waals surface area contributed by atoms with Crippen LogP contribution in [-0.4, -0.2) is 40.2 Å². The van der Waals surface area contributed by atoms with E-state index in [2.05, 4.69) is 15.1 Å². The van der Waals surface area contributed by atoms with Crippen molar-refractivity contribution in [2.75, 3.05) is 23.8 Å². The maximum atomic E-state index is 10.6. The molecule has 1 N–H and O–H groups in total. The fourth-order valence-electron chi connectivity index (χ4n) is 2.02. The fraction of sp³-hybridized carbons (Fsp3) is 0.308. The minimum Gasteiger partial charge on any atom is -0.491 e. The smallest absolute Gasteiger partial charge is 0.313 e. The third-order valence-electron chi connectivity index (χ3n) is 2.89. The summed E-state index contributed by atoms with van der Waals surface area (Å²) in [6.45, 7) is 1.47. The number of thioether (sulfide) groups is 1. The van der Waals surface area contributed by atoms with Crippen molar-refractivity contribution in [2.45, 2.75) is 10.8 Å². The van der Waals surface area contributed by atoms with Crippen LogP contribution < -0.4 is 9.64 Å². The minimum atomic E-state index is -0.856. The van der Waals surface area contributed by atoms with E-state index in [1.54, 1.807) is 0 Å². The summed E-state index contributed by atoms with van der Waals surface area (Å²) in [6.07, 6.45) is 0.895.